The Balaban J connectivity index is 1.33. The third kappa shape index (κ3) is 3.54. The van der Waals surface area contributed by atoms with Crippen LogP contribution in [-0.4, -0.2) is 42.2 Å². The summed E-state index contributed by atoms with van der Waals surface area (Å²) in [4.78, 5) is 23.2. The maximum absolute atomic E-state index is 13.0. The molecule has 0 fully saturated rings. The van der Waals surface area contributed by atoms with Crippen molar-refractivity contribution in [1.29, 1.82) is 0 Å². The standard InChI is InChI=1S/C25H22N6O/c1-18(29(2)25(32)20-9-13-22(14-10-20)31-16-26-15-28-31)19-7-11-21(12-8-19)30-17-27-23-5-3-4-6-24(23)30/h3-18H,1-2H3. The van der Waals surface area contributed by atoms with E-state index in [0.29, 0.717) is 5.56 Å². The van der Waals surface area contributed by atoms with Gasteiger partial charge >= 0.3 is 0 Å². The molecule has 2 aromatic heterocycles. The van der Waals surface area contributed by atoms with Gasteiger partial charge in [-0.3, -0.25) is 9.36 Å². The molecule has 0 saturated carbocycles. The first kappa shape index (κ1) is 19.7. The molecule has 7 nitrogen and oxygen atoms in total. The summed E-state index contributed by atoms with van der Waals surface area (Å²) in [5.74, 6) is -0.0349. The molecule has 32 heavy (non-hydrogen) atoms. The van der Waals surface area contributed by atoms with Crippen LogP contribution in [0.1, 0.15) is 28.9 Å². The lowest BCUT2D eigenvalue weighted by Crippen LogP contribution is -2.29. The molecule has 0 aliphatic heterocycles. The Bertz CT molecular complexity index is 1350. The first-order chi connectivity index (χ1) is 15.6. The number of imidazole rings is 1. The second-order valence-electron chi connectivity index (χ2n) is 7.67. The minimum Gasteiger partial charge on any atom is -0.335 e. The number of carbonyl (C=O) groups is 1. The number of hydrogen-bond donors (Lipinski definition) is 0. The van der Waals surface area contributed by atoms with Gasteiger partial charge in [0.2, 0.25) is 0 Å². The van der Waals surface area contributed by atoms with Gasteiger partial charge in [0.1, 0.15) is 19.0 Å². The van der Waals surface area contributed by atoms with E-state index in [-0.39, 0.29) is 11.9 Å². The van der Waals surface area contributed by atoms with E-state index in [1.54, 1.807) is 15.9 Å². The van der Waals surface area contributed by atoms with Crippen LogP contribution < -0.4 is 0 Å². The van der Waals surface area contributed by atoms with Crippen LogP contribution in [-0.2, 0) is 0 Å². The van der Waals surface area contributed by atoms with Crippen LogP contribution in [0.5, 0.6) is 0 Å². The Hall–Kier alpha value is -4.26. The molecule has 1 atom stereocenters. The van der Waals surface area contributed by atoms with Gasteiger partial charge in [0, 0.05) is 18.3 Å². The molecule has 158 valence electrons. The van der Waals surface area contributed by atoms with Gasteiger partial charge in [0.15, 0.2) is 0 Å². The average molecular weight is 422 g/mol. The molecular weight excluding hydrogens is 400 g/mol. The van der Waals surface area contributed by atoms with Gasteiger partial charge in [0.05, 0.1) is 22.8 Å². The van der Waals surface area contributed by atoms with Crippen LogP contribution in [0.4, 0.5) is 0 Å². The molecule has 0 bridgehead atoms. The quantitative estimate of drug-likeness (QED) is 0.420. The molecule has 0 N–H and O–H groups in total. The van der Waals surface area contributed by atoms with Crippen molar-refractivity contribution < 1.29 is 4.79 Å². The fourth-order valence-electron chi connectivity index (χ4n) is 3.78. The monoisotopic (exact) mass is 422 g/mol. The second-order valence-corrected chi connectivity index (χ2v) is 7.67. The van der Waals surface area contributed by atoms with E-state index in [9.17, 15) is 4.79 Å². The maximum Gasteiger partial charge on any atom is 0.254 e. The molecular formula is C25H22N6O. The molecule has 3 aromatic carbocycles. The lowest BCUT2D eigenvalue weighted by molar-refractivity contribution is 0.0742. The van der Waals surface area contributed by atoms with Gasteiger partial charge in [-0.1, -0.05) is 24.3 Å². The summed E-state index contributed by atoms with van der Waals surface area (Å²) < 4.78 is 3.72. The molecule has 0 saturated heterocycles. The van der Waals surface area contributed by atoms with Crippen LogP contribution >= 0.6 is 0 Å². The first-order valence-electron chi connectivity index (χ1n) is 10.4. The van der Waals surface area contributed by atoms with E-state index < -0.39 is 0 Å². The molecule has 5 aromatic rings. The number of carbonyl (C=O) groups excluding carboxylic acids is 1. The molecule has 1 unspecified atom stereocenters. The number of amides is 1. The van der Waals surface area contributed by atoms with Gasteiger partial charge in [-0.25, -0.2) is 14.6 Å². The summed E-state index contributed by atoms with van der Waals surface area (Å²) in [7, 11) is 1.83. The zero-order chi connectivity index (χ0) is 22.1. The number of hydrogen-bond acceptors (Lipinski definition) is 4. The first-order valence-corrected chi connectivity index (χ1v) is 10.4. The predicted octanol–water partition coefficient (Wildman–Crippen LogP) is 4.44. The number of rotatable bonds is 5. The van der Waals surface area contributed by atoms with Crippen molar-refractivity contribution in [3.63, 3.8) is 0 Å². The highest BCUT2D eigenvalue weighted by Crippen LogP contribution is 2.24. The maximum atomic E-state index is 13.0. The summed E-state index contributed by atoms with van der Waals surface area (Å²) in [6.45, 7) is 2.03. The van der Waals surface area contributed by atoms with Crippen LogP contribution in [0, 0.1) is 0 Å². The summed E-state index contributed by atoms with van der Waals surface area (Å²) >= 11 is 0. The highest BCUT2D eigenvalue weighted by atomic mass is 16.2. The fraction of sp³-hybridized carbons (Fsp3) is 0.120. The smallest absolute Gasteiger partial charge is 0.254 e. The molecule has 0 radical (unpaired) electrons. The largest absolute Gasteiger partial charge is 0.335 e. The molecule has 0 aliphatic rings. The molecule has 2 heterocycles. The van der Waals surface area contributed by atoms with E-state index >= 15 is 0 Å². The zero-order valence-electron chi connectivity index (χ0n) is 17.8. The number of fused-ring (bicyclic) bond motifs is 1. The van der Waals surface area contributed by atoms with Crippen molar-refractivity contribution >= 4 is 16.9 Å². The topological polar surface area (TPSA) is 68.8 Å². The Labute approximate surface area is 185 Å². The molecule has 7 heteroatoms. The molecule has 1 amide bonds. The highest BCUT2D eigenvalue weighted by Gasteiger charge is 2.19. The van der Waals surface area contributed by atoms with E-state index in [1.165, 1.54) is 6.33 Å². The summed E-state index contributed by atoms with van der Waals surface area (Å²) in [6.07, 6.45) is 4.94. The van der Waals surface area contributed by atoms with Gasteiger partial charge in [-0.05, 0) is 61.0 Å². The predicted molar refractivity (Wildman–Crippen MR) is 123 cm³/mol. The number of nitrogens with zero attached hydrogens (tertiary/aromatic N) is 6. The van der Waals surface area contributed by atoms with Crippen LogP contribution in [0.3, 0.4) is 0 Å². The third-order valence-electron chi connectivity index (χ3n) is 5.81. The van der Waals surface area contributed by atoms with E-state index in [2.05, 4.69) is 50.0 Å². The zero-order valence-corrected chi connectivity index (χ0v) is 17.8. The Morgan fingerprint density at radius 2 is 1.62 bits per heavy atom. The van der Waals surface area contributed by atoms with Gasteiger partial charge in [0.25, 0.3) is 5.91 Å². The minimum atomic E-state index is -0.0777. The summed E-state index contributed by atoms with van der Waals surface area (Å²) in [6, 6.07) is 23.6. The lowest BCUT2D eigenvalue weighted by atomic mass is 10.1. The van der Waals surface area contributed by atoms with Crippen LogP contribution in [0.2, 0.25) is 0 Å². The molecule has 5 rings (SSSR count). The van der Waals surface area contributed by atoms with Crippen LogP contribution in [0.15, 0.2) is 91.8 Å². The second kappa shape index (κ2) is 8.11. The van der Waals surface area contributed by atoms with Crippen LogP contribution in [0.25, 0.3) is 22.4 Å². The highest BCUT2D eigenvalue weighted by molar-refractivity contribution is 5.94. The normalized spacial score (nSPS) is 12.1. The fourth-order valence-corrected chi connectivity index (χ4v) is 3.78. The van der Waals surface area contributed by atoms with Crippen molar-refractivity contribution in [3.8, 4) is 11.4 Å². The van der Waals surface area contributed by atoms with Gasteiger partial charge in [-0.2, -0.15) is 5.10 Å². The van der Waals surface area contributed by atoms with Crippen molar-refractivity contribution in [1.82, 2.24) is 29.2 Å². The Morgan fingerprint density at radius 3 is 2.34 bits per heavy atom. The van der Waals surface area contributed by atoms with Crippen molar-refractivity contribution in [2.45, 2.75) is 13.0 Å². The van der Waals surface area contributed by atoms with Crippen molar-refractivity contribution in [2.75, 3.05) is 7.05 Å². The summed E-state index contributed by atoms with van der Waals surface area (Å²) in [5.41, 5.74) is 5.61. The number of para-hydroxylation sites is 2. The number of benzene rings is 3. The molecule has 0 spiro atoms. The van der Waals surface area contributed by atoms with Crippen molar-refractivity contribution in [2.24, 2.45) is 0 Å². The molecule has 0 aliphatic carbocycles. The van der Waals surface area contributed by atoms with E-state index in [4.69, 9.17) is 0 Å². The van der Waals surface area contributed by atoms with Gasteiger partial charge < -0.3 is 4.90 Å². The van der Waals surface area contributed by atoms with Crippen molar-refractivity contribution in [3.05, 3.63) is 103 Å². The Morgan fingerprint density at radius 1 is 0.906 bits per heavy atom. The third-order valence-corrected chi connectivity index (χ3v) is 5.81. The van der Waals surface area contributed by atoms with Gasteiger partial charge in [-0.15, -0.1) is 0 Å². The SMILES string of the molecule is CC(c1ccc(-n2cnc3ccccc32)cc1)N(C)C(=O)c1ccc(-n2cncn2)cc1. The van der Waals surface area contributed by atoms with E-state index in [1.807, 2.05) is 62.8 Å². The van der Waals surface area contributed by atoms with E-state index in [0.717, 1.165) is 28.0 Å². The number of aromatic nitrogens is 5. The summed E-state index contributed by atoms with van der Waals surface area (Å²) in [5, 5.41) is 4.11. The average Bonchev–Trinajstić information content (AvgIpc) is 3.53. The Kier molecular flexibility index (Phi) is 4.99. The lowest BCUT2D eigenvalue weighted by Gasteiger charge is -2.26. The minimum absolute atomic E-state index is 0.0349.